The molecule has 4 unspecified atom stereocenters. The van der Waals surface area contributed by atoms with Gasteiger partial charge in [-0.15, -0.1) is 0 Å². The van der Waals surface area contributed by atoms with Crippen LogP contribution in [0.5, 0.6) is 0 Å². The monoisotopic (exact) mass is 134 g/mol. The summed E-state index contributed by atoms with van der Waals surface area (Å²) in [6.45, 7) is 4.00. The van der Waals surface area contributed by atoms with Crippen LogP contribution in [-0.2, 0) is 4.79 Å². The lowest BCUT2D eigenvalue weighted by Gasteiger charge is -2.03. The minimum Gasteiger partial charge on any atom is -0.299 e. The van der Waals surface area contributed by atoms with Crippen LogP contribution in [0.1, 0.15) is 12.8 Å². The molecular formula is C9H10O. The van der Waals surface area contributed by atoms with Crippen LogP contribution >= 0.6 is 0 Å². The Morgan fingerprint density at radius 3 is 2.80 bits per heavy atom. The molecule has 0 heterocycles. The first-order valence-corrected chi connectivity index (χ1v) is 3.99. The van der Waals surface area contributed by atoms with Crippen LogP contribution in [0.3, 0.4) is 0 Å². The van der Waals surface area contributed by atoms with E-state index in [4.69, 9.17) is 0 Å². The van der Waals surface area contributed by atoms with Gasteiger partial charge in [0.1, 0.15) is 5.78 Å². The zero-order valence-electron chi connectivity index (χ0n) is 5.84. The van der Waals surface area contributed by atoms with Crippen LogP contribution in [0, 0.1) is 23.7 Å². The number of allylic oxidation sites excluding steroid dienone is 1. The lowest BCUT2D eigenvalue weighted by Crippen LogP contribution is -1.98. The largest absolute Gasteiger partial charge is 0.299 e. The standard InChI is InChI=1S/C9H10O/c1-4-2-6-8-5(4)3-7(10)9(6)8/h5-6,8-9H,1-3H2. The molecule has 0 spiro atoms. The summed E-state index contributed by atoms with van der Waals surface area (Å²) in [5.74, 6) is 3.15. The van der Waals surface area contributed by atoms with Crippen molar-refractivity contribution in [1.82, 2.24) is 0 Å². The van der Waals surface area contributed by atoms with E-state index in [-0.39, 0.29) is 0 Å². The summed E-state index contributed by atoms with van der Waals surface area (Å²) in [5.41, 5.74) is 1.36. The van der Waals surface area contributed by atoms with E-state index in [0.29, 0.717) is 17.6 Å². The van der Waals surface area contributed by atoms with Crippen molar-refractivity contribution in [1.29, 1.82) is 0 Å². The molecular weight excluding hydrogens is 124 g/mol. The molecule has 3 fully saturated rings. The average Bonchev–Trinajstić information content (AvgIpc) is 2.37. The predicted octanol–water partition coefficient (Wildman–Crippen LogP) is 1.40. The fraction of sp³-hybridized carbons (Fsp3) is 0.667. The average molecular weight is 134 g/mol. The van der Waals surface area contributed by atoms with Gasteiger partial charge in [0.15, 0.2) is 0 Å². The summed E-state index contributed by atoms with van der Waals surface area (Å²) in [6.07, 6.45) is 1.98. The Labute approximate surface area is 60.1 Å². The minimum atomic E-state index is 0.496. The van der Waals surface area contributed by atoms with E-state index >= 15 is 0 Å². The second-order valence-electron chi connectivity index (χ2n) is 3.91. The normalized spacial score (nSPS) is 55.6. The summed E-state index contributed by atoms with van der Waals surface area (Å²) in [5, 5.41) is 0. The van der Waals surface area contributed by atoms with E-state index in [1.807, 2.05) is 0 Å². The summed E-state index contributed by atoms with van der Waals surface area (Å²) >= 11 is 0. The third-order valence-corrected chi connectivity index (χ3v) is 3.51. The van der Waals surface area contributed by atoms with Crippen molar-refractivity contribution in [2.45, 2.75) is 12.8 Å². The highest BCUT2D eigenvalue weighted by Gasteiger charge is 2.66. The number of fused-ring (bicyclic) bond motifs is 1. The first kappa shape index (κ1) is 5.11. The zero-order valence-corrected chi connectivity index (χ0v) is 5.84. The van der Waals surface area contributed by atoms with Gasteiger partial charge in [0.2, 0.25) is 0 Å². The van der Waals surface area contributed by atoms with Crippen molar-refractivity contribution in [2.24, 2.45) is 23.7 Å². The molecule has 4 atom stereocenters. The van der Waals surface area contributed by atoms with E-state index in [0.717, 1.165) is 24.7 Å². The third kappa shape index (κ3) is 0.352. The molecule has 10 heavy (non-hydrogen) atoms. The second kappa shape index (κ2) is 1.23. The van der Waals surface area contributed by atoms with Gasteiger partial charge in [-0.05, 0) is 24.2 Å². The maximum Gasteiger partial charge on any atom is 0.137 e. The quantitative estimate of drug-likeness (QED) is 0.458. The Balaban J connectivity index is 2.07. The summed E-state index contributed by atoms with van der Waals surface area (Å²) in [4.78, 5) is 11.2. The van der Waals surface area contributed by atoms with Gasteiger partial charge in [0.25, 0.3) is 0 Å². The van der Waals surface area contributed by atoms with E-state index in [1.165, 1.54) is 5.57 Å². The molecule has 1 heteroatoms. The van der Waals surface area contributed by atoms with Crippen molar-refractivity contribution in [3.63, 3.8) is 0 Å². The summed E-state index contributed by atoms with van der Waals surface area (Å²) in [7, 11) is 0. The number of hydrogen-bond donors (Lipinski definition) is 0. The molecule has 3 aliphatic carbocycles. The number of carbonyl (C=O) groups is 1. The molecule has 3 rings (SSSR count). The van der Waals surface area contributed by atoms with E-state index in [2.05, 4.69) is 6.58 Å². The molecule has 0 aromatic rings. The summed E-state index contributed by atoms with van der Waals surface area (Å²) < 4.78 is 0. The Bertz CT molecular complexity index is 239. The lowest BCUT2D eigenvalue weighted by atomic mass is 10.0. The van der Waals surface area contributed by atoms with E-state index < -0.39 is 0 Å². The Morgan fingerprint density at radius 2 is 2.20 bits per heavy atom. The molecule has 52 valence electrons. The molecule has 0 aromatic carbocycles. The smallest absolute Gasteiger partial charge is 0.137 e. The van der Waals surface area contributed by atoms with Gasteiger partial charge in [-0.3, -0.25) is 4.79 Å². The zero-order chi connectivity index (χ0) is 6.88. The lowest BCUT2D eigenvalue weighted by molar-refractivity contribution is -0.119. The van der Waals surface area contributed by atoms with Crippen LogP contribution < -0.4 is 0 Å². The molecule has 0 radical (unpaired) electrons. The Kier molecular flexibility index (Phi) is 0.627. The van der Waals surface area contributed by atoms with Crippen LogP contribution in [-0.4, -0.2) is 5.78 Å². The van der Waals surface area contributed by atoms with Gasteiger partial charge < -0.3 is 0 Å². The SMILES string of the molecule is C=C1CC2C3C(=O)CC1C23. The van der Waals surface area contributed by atoms with Gasteiger partial charge in [0.05, 0.1) is 0 Å². The minimum absolute atomic E-state index is 0.496. The number of Topliss-reactive ketones (excluding diaryl/α,β-unsaturated/α-hetero) is 1. The van der Waals surface area contributed by atoms with Gasteiger partial charge >= 0.3 is 0 Å². The molecule has 3 saturated carbocycles. The van der Waals surface area contributed by atoms with Gasteiger partial charge in [-0.25, -0.2) is 0 Å². The van der Waals surface area contributed by atoms with Gasteiger partial charge in [-0.1, -0.05) is 12.2 Å². The maximum atomic E-state index is 11.2. The Hall–Kier alpha value is -0.590. The number of ketones is 1. The molecule has 3 aliphatic rings. The van der Waals surface area contributed by atoms with Crippen molar-refractivity contribution < 1.29 is 4.79 Å². The van der Waals surface area contributed by atoms with Gasteiger partial charge in [0, 0.05) is 12.3 Å². The van der Waals surface area contributed by atoms with Crippen molar-refractivity contribution in [3.05, 3.63) is 12.2 Å². The highest BCUT2D eigenvalue weighted by Crippen LogP contribution is 2.68. The molecule has 0 bridgehead atoms. The number of carbonyl (C=O) groups excluding carboxylic acids is 1. The topological polar surface area (TPSA) is 17.1 Å². The molecule has 0 aromatic heterocycles. The number of hydrogen-bond acceptors (Lipinski definition) is 1. The predicted molar refractivity (Wildman–Crippen MR) is 37.3 cm³/mol. The molecule has 0 N–H and O–H groups in total. The van der Waals surface area contributed by atoms with Gasteiger partial charge in [-0.2, -0.15) is 0 Å². The van der Waals surface area contributed by atoms with Crippen molar-refractivity contribution in [3.8, 4) is 0 Å². The number of rotatable bonds is 0. The molecule has 0 amide bonds. The van der Waals surface area contributed by atoms with Crippen LogP contribution in [0.15, 0.2) is 12.2 Å². The van der Waals surface area contributed by atoms with Crippen molar-refractivity contribution in [2.75, 3.05) is 0 Å². The summed E-state index contributed by atoms with van der Waals surface area (Å²) in [6, 6.07) is 0. The first-order chi connectivity index (χ1) is 4.79. The maximum absolute atomic E-state index is 11.2. The second-order valence-corrected chi connectivity index (χ2v) is 3.91. The van der Waals surface area contributed by atoms with Crippen LogP contribution in [0.25, 0.3) is 0 Å². The Morgan fingerprint density at radius 1 is 1.40 bits per heavy atom. The molecule has 1 nitrogen and oxygen atoms in total. The highest BCUT2D eigenvalue weighted by molar-refractivity contribution is 5.89. The van der Waals surface area contributed by atoms with E-state index in [9.17, 15) is 4.79 Å². The van der Waals surface area contributed by atoms with Crippen molar-refractivity contribution >= 4 is 5.78 Å². The fourth-order valence-electron chi connectivity index (χ4n) is 3.03. The fourth-order valence-corrected chi connectivity index (χ4v) is 3.03. The van der Waals surface area contributed by atoms with Crippen LogP contribution in [0.2, 0.25) is 0 Å². The van der Waals surface area contributed by atoms with Crippen LogP contribution in [0.4, 0.5) is 0 Å². The first-order valence-electron chi connectivity index (χ1n) is 3.99. The van der Waals surface area contributed by atoms with E-state index in [1.54, 1.807) is 0 Å². The molecule has 0 saturated heterocycles. The third-order valence-electron chi connectivity index (χ3n) is 3.51. The molecule has 0 aliphatic heterocycles. The highest BCUT2D eigenvalue weighted by atomic mass is 16.1.